The number of anilines is 1. The first-order chi connectivity index (χ1) is 8.20. The second-order valence-corrected chi connectivity index (χ2v) is 3.99. The van der Waals surface area contributed by atoms with E-state index in [1.54, 1.807) is 12.3 Å². The molecule has 0 saturated heterocycles. The van der Waals surface area contributed by atoms with Gasteiger partial charge in [0.25, 0.3) is 0 Å². The molecule has 5 heteroatoms. The Morgan fingerprint density at radius 2 is 2.18 bits per heavy atom. The number of imidazole rings is 1. The molecule has 0 aliphatic heterocycles. The summed E-state index contributed by atoms with van der Waals surface area (Å²) in [5.74, 6) is 1.95. The summed E-state index contributed by atoms with van der Waals surface area (Å²) in [7, 11) is 0. The normalized spacial score (nSPS) is 10.5. The predicted octanol–water partition coefficient (Wildman–Crippen LogP) is 2.72. The number of ether oxygens (including phenoxy) is 1. The third-order valence-electron chi connectivity index (χ3n) is 2.41. The number of benzene rings is 1. The summed E-state index contributed by atoms with van der Waals surface area (Å²) < 4.78 is 7.56. The summed E-state index contributed by atoms with van der Waals surface area (Å²) in [6.07, 6.45) is 1.80. The minimum absolute atomic E-state index is 0.356. The molecule has 2 N–H and O–H groups in total. The van der Waals surface area contributed by atoms with E-state index in [1.807, 2.05) is 29.7 Å². The second kappa shape index (κ2) is 5.10. The van der Waals surface area contributed by atoms with Gasteiger partial charge in [0.1, 0.15) is 24.0 Å². The zero-order valence-electron chi connectivity index (χ0n) is 9.56. The zero-order valence-corrected chi connectivity index (χ0v) is 10.3. The fraction of sp³-hybridized carbons (Fsp3) is 0.250. The van der Waals surface area contributed by atoms with Crippen molar-refractivity contribution in [3.05, 3.63) is 41.3 Å². The van der Waals surface area contributed by atoms with Crippen LogP contribution in [0.1, 0.15) is 12.7 Å². The topological polar surface area (TPSA) is 53.1 Å². The molecule has 0 saturated carbocycles. The van der Waals surface area contributed by atoms with E-state index in [1.165, 1.54) is 0 Å². The number of nitrogens with two attached hydrogens (primary N) is 1. The maximum atomic E-state index is 5.99. The Kier molecular flexibility index (Phi) is 3.54. The summed E-state index contributed by atoms with van der Waals surface area (Å²) in [6, 6.07) is 7.35. The smallest absolute Gasteiger partial charge is 0.149 e. The van der Waals surface area contributed by atoms with E-state index >= 15 is 0 Å². The van der Waals surface area contributed by atoms with Crippen molar-refractivity contribution in [2.75, 3.05) is 5.73 Å². The first kappa shape index (κ1) is 11.8. The molecule has 0 aliphatic rings. The predicted molar refractivity (Wildman–Crippen MR) is 68.1 cm³/mol. The lowest BCUT2D eigenvalue weighted by Crippen LogP contribution is -2.05. The molecule has 1 aromatic heterocycles. The number of rotatable bonds is 4. The number of halogens is 1. The number of aryl methyl sites for hydroxylation is 1. The molecule has 0 aliphatic carbocycles. The fourth-order valence-corrected chi connectivity index (χ4v) is 1.76. The zero-order chi connectivity index (χ0) is 12.3. The number of nitrogen functional groups attached to an aromatic ring is 1. The van der Waals surface area contributed by atoms with Gasteiger partial charge in [-0.1, -0.05) is 23.7 Å². The van der Waals surface area contributed by atoms with Gasteiger partial charge in [0.05, 0.1) is 5.02 Å². The lowest BCUT2D eigenvalue weighted by atomic mass is 10.3. The number of nitrogens with zero attached hydrogens (tertiary/aromatic N) is 2. The van der Waals surface area contributed by atoms with E-state index in [4.69, 9.17) is 22.1 Å². The van der Waals surface area contributed by atoms with Crippen LogP contribution in [0.2, 0.25) is 5.02 Å². The van der Waals surface area contributed by atoms with Gasteiger partial charge >= 0.3 is 0 Å². The van der Waals surface area contributed by atoms with Gasteiger partial charge in [0, 0.05) is 12.7 Å². The fourth-order valence-electron chi connectivity index (χ4n) is 1.57. The van der Waals surface area contributed by atoms with Crippen LogP contribution in [0.4, 0.5) is 5.82 Å². The van der Waals surface area contributed by atoms with Crippen molar-refractivity contribution < 1.29 is 4.74 Å². The highest BCUT2D eigenvalue weighted by Crippen LogP contribution is 2.24. The average Bonchev–Trinajstić information content (AvgIpc) is 2.69. The summed E-state index contributed by atoms with van der Waals surface area (Å²) in [5.41, 5.74) is 5.64. The first-order valence-electron chi connectivity index (χ1n) is 5.39. The Balaban J connectivity index is 2.09. The maximum Gasteiger partial charge on any atom is 0.149 e. The van der Waals surface area contributed by atoms with Crippen LogP contribution in [-0.2, 0) is 13.2 Å². The summed E-state index contributed by atoms with van der Waals surface area (Å²) in [4.78, 5) is 4.20. The largest absolute Gasteiger partial charge is 0.484 e. The van der Waals surface area contributed by atoms with Gasteiger partial charge < -0.3 is 15.0 Å². The van der Waals surface area contributed by atoms with Crippen LogP contribution >= 0.6 is 11.6 Å². The van der Waals surface area contributed by atoms with Crippen molar-refractivity contribution >= 4 is 17.4 Å². The molecular formula is C12H14ClN3O. The SMILES string of the molecule is CCn1cc(N)nc1COc1ccccc1Cl. The average molecular weight is 252 g/mol. The highest BCUT2D eigenvalue weighted by atomic mass is 35.5. The lowest BCUT2D eigenvalue weighted by Gasteiger charge is -2.08. The standard InChI is InChI=1S/C12H14ClN3O/c1-2-16-7-11(14)15-12(16)8-17-10-6-4-3-5-9(10)13/h3-7H,2,8,14H2,1H3. The third-order valence-corrected chi connectivity index (χ3v) is 2.72. The number of hydrogen-bond donors (Lipinski definition) is 1. The van der Waals surface area contributed by atoms with E-state index in [9.17, 15) is 0 Å². The van der Waals surface area contributed by atoms with E-state index in [-0.39, 0.29) is 0 Å². The van der Waals surface area contributed by atoms with Crippen molar-refractivity contribution in [3.63, 3.8) is 0 Å². The van der Waals surface area contributed by atoms with Crippen LogP contribution in [0.25, 0.3) is 0 Å². The lowest BCUT2D eigenvalue weighted by molar-refractivity contribution is 0.290. The maximum absolute atomic E-state index is 5.99. The Labute approximate surface area is 105 Å². The van der Waals surface area contributed by atoms with Crippen LogP contribution in [0.15, 0.2) is 30.5 Å². The number of hydrogen-bond acceptors (Lipinski definition) is 3. The van der Waals surface area contributed by atoms with Crippen molar-refractivity contribution in [3.8, 4) is 5.75 Å². The van der Waals surface area contributed by atoms with Crippen LogP contribution < -0.4 is 10.5 Å². The van der Waals surface area contributed by atoms with Gasteiger partial charge in [0.2, 0.25) is 0 Å². The minimum Gasteiger partial charge on any atom is -0.484 e. The van der Waals surface area contributed by atoms with Gasteiger partial charge in [0.15, 0.2) is 0 Å². The molecule has 0 radical (unpaired) electrons. The molecular weight excluding hydrogens is 238 g/mol. The molecule has 0 spiro atoms. The van der Waals surface area contributed by atoms with Crippen molar-refractivity contribution in [2.45, 2.75) is 20.1 Å². The van der Waals surface area contributed by atoms with Gasteiger partial charge in [-0.3, -0.25) is 0 Å². The van der Waals surface area contributed by atoms with Crippen molar-refractivity contribution in [1.29, 1.82) is 0 Å². The van der Waals surface area contributed by atoms with E-state index < -0.39 is 0 Å². The molecule has 0 atom stereocenters. The quantitative estimate of drug-likeness (QED) is 0.909. The molecule has 0 bridgehead atoms. The summed E-state index contributed by atoms with van der Waals surface area (Å²) in [5, 5.41) is 0.593. The Morgan fingerprint density at radius 3 is 2.88 bits per heavy atom. The number of para-hydroxylation sites is 1. The third kappa shape index (κ3) is 2.71. The highest BCUT2D eigenvalue weighted by molar-refractivity contribution is 6.32. The van der Waals surface area contributed by atoms with E-state index in [2.05, 4.69) is 4.98 Å². The Morgan fingerprint density at radius 1 is 1.41 bits per heavy atom. The summed E-state index contributed by atoms with van der Waals surface area (Å²) >= 11 is 5.99. The molecule has 1 aromatic carbocycles. The molecule has 2 rings (SSSR count). The monoisotopic (exact) mass is 251 g/mol. The van der Waals surface area contributed by atoms with E-state index in [0.717, 1.165) is 12.4 Å². The molecule has 0 fully saturated rings. The first-order valence-corrected chi connectivity index (χ1v) is 5.77. The van der Waals surface area contributed by atoms with Crippen molar-refractivity contribution in [2.24, 2.45) is 0 Å². The van der Waals surface area contributed by atoms with Crippen LogP contribution in [0.3, 0.4) is 0 Å². The Hall–Kier alpha value is -1.68. The second-order valence-electron chi connectivity index (χ2n) is 3.59. The molecule has 2 aromatic rings. The highest BCUT2D eigenvalue weighted by Gasteiger charge is 2.06. The molecule has 17 heavy (non-hydrogen) atoms. The van der Waals surface area contributed by atoms with Gasteiger partial charge in [-0.15, -0.1) is 0 Å². The van der Waals surface area contributed by atoms with Crippen LogP contribution in [0.5, 0.6) is 5.75 Å². The molecule has 0 amide bonds. The molecule has 1 heterocycles. The van der Waals surface area contributed by atoms with Gasteiger partial charge in [-0.25, -0.2) is 4.98 Å². The van der Waals surface area contributed by atoms with Gasteiger partial charge in [-0.2, -0.15) is 0 Å². The molecule has 90 valence electrons. The summed E-state index contributed by atoms with van der Waals surface area (Å²) in [6.45, 7) is 3.19. The van der Waals surface area contributed by atoms with Gasteiger partial charge in [-0.05, 0) is 19.1 Å². The van der Waals surface area contributed by atoms with Crippen LogP contribution in [-0.4, -0.2) is 9.55 Å². The van der Waals surface area contributed by atoms with Crippen molar-refractivity contribution in [1.82, 2.24) is 9.55 Å². The Bertz CT molecular complexity index is 510. The molecule has 4 nitrogen and oxygen atoms in total. The molecule has 0 unspecified atom stereocenters. The minimum atomic E-state index is 0.356. The number of aromatic nitrogens is 2. The van der Waals surface area contributed by atoms with E-state index in [0.29, 0.717) is 23.2 Å². The van der Waals surface area contributed by atoms with Crippen LogP contribution in [0, 0.1) is 0 Å².